The van der Waals surface area contributed by atoms with E-state index >= 15 is 0 Å². The summed E-state index contributed by atoms with van der Waals surface area (Å²) in [7, 11) is 1.87. The van der Waals surface area contributed by atoms with Crippen LogP contribution in [-0.2, 0) is 13.6 Å². The van der Waals surface area contributed by atoms with Crippen LogP contribution in [0.25, 0.3) is 0 Å². The van der Waals surface area contributed by atoms with Gasteiger partial charge < -0.3 is 9.88 Å². The smallest absolute Gasteiger partial charge is 0.120 e. The van der Waals surface area contributed by atoms with Crippen molar-refractivity contribution in [1.29, 1.82) is 5.26 Å². The molecule has 0 saturated carbocycles. The number of nitriles is 1. The summed E-state index contributed by atoms with van der Waals surface area (Å²) < 4.78 is 1.82. The Morgan fingerprint density at radius 1 is 1.39 bits per heavy atom. The first kappa shape index (κ1) is 12.5. The molecule has 0 amide bonds. The van der Waals surface area contributed by atoms with Crippen molar-refractivity contribution in [2.75, 3.05) is 5.32 Å². The molecule has 0 aliphatic carbocycles. The van der Waals surface area contributed by atoms with Gasteiger partial charge in [-0.25, -0.2) is 0 Å². The first-order valence-electron chi connectivity index (χ1n) is 5.65. The van der Waals surface area contributed by atoms with Crippen molar-refractivity contribution in [1.82, 2.24) is 4.57 Å². The minimum absolute atomic E-state index is 0.662. The summed E-state index contributed by atoms with van der Waals surface area (Å²) in [5, 5.41) is 12.9. The molecule has 0 radical (unpaired) electrons. The number of hydrogen-bond acceptors (Lipinski definition) is 2. The van der Waals surface area contributed by atoms with Gasteiger partial charge >= 0.3 is 0 Å². The van der Waals surface area contributed by atoms with Gasteiger partial charge in [-0.05, 0) is 36.2 Å². The van der Waals surface area contributed by atoms with Crippen LogP contribution in [0, 0.1) is 18.3 Å². The second-order valence-electron chi connectivity index (χ2n) is 4.27. The summed E-state index contributed by atoms with van der Waals surface area (Å²) in [4.78, 5) is 0. The molecule has 0 spiro atoms. The Hall–Kier alpha value is -1.92. The molecule has 1 heterocycles. The zero-order chi connectivity index (χ0) is 13.1. The maximum Gasteiger partial charge on any atom is 0.120 e. The minimum Gasteiger partial charge on any atom is -0.381 e. The summed E-state index contributed by atoms with van der Waals surface area (Å²) in [5.74, 6) is 0. The van der Waals surface area contributed by atoms with E-state index in [1.807, 2.05) is 49.0 Å². The summed E-state index contributed by atoms with van der Waals surface area (Å²) >= 11 is 5.96. The van der Waals surface area contributed by atoms with E-state index in [1.54, 1.807) is 0 Å². The molecule has 1 N–H and O–H groups in total. The van der Waals surface area contributed by atoms with Crippen LogP contribution in [0.1, 0.15) is 16.8 Å². The van der Waals surface area contributed by atoms with E-state index in [2.05, 4.69) is 11.4 Å². The third kappa shape index (κ3) is 2.66. The molecule has 3 nitrogen and oxygen atoms in total. The van der Waals surface area contributed by atoms with Crippen molar-refractivity contribution in [2.45, 2.75) is 13.5 Å². The Balaban J connectivity index is 2.11. The molecule has 0 saturated heterocycles. The monoisotopic (exact) mass is 259 g/mol. The number of halogens is 1. The van der Waals surface area contributed by atoms with E-state index in [0.717, 1.165) is 16.8 Å². The van der Waals surface area contributed by atoms with Gasteiger partial charge in [-0.15, -0.1) is 0 Å². The fourth-order valence-corrected chi connectivity index (χ4v) is 1.99. The van der Waals surface area contributed by atoms with Crippen LogP contribution in [0.15, 0.2) is 30.5 Å². The number of rotatable bonds is 3. The lowest BCUT2D eigenvalue weighted by atomic mass is 10.2. The normalized spacial score (nSPS) is 10.1. The number of aryl methyl sites for hydroxylation is 2. The molecule has 1 aromatic heterocycles. The molecule has 0 atom stereocenters. The summed E-state index contributed by atoms with van der Waals surface area (Å²) in [6.45, 7) is 2.71. The van der Waals surface area contributed by atoms with Gasteiger partial charge in [-0.3, -0.25) is 0 Å². The predicted octanol–water partition coefficient (Wildman–Crippen LogP) is 3.47. The Kier molecular flexibility index (Phi) is 3.59. The van der Waals surface area contributed by atoms with Crippen LogP contribution in [0.4, 0.5) is 5.69 Å². The first-order chi connectivity index (χ1) is 8.60. The lowest BCUT2D eigenvalue weighted by Gasteiger charge is -2.08. The van der Waals surface area contributed by atoms with Crippen LogP contribution < -0.4 is 5.32 Å². The second kappa shape index (κ2) is 5.16. The Morgan fingerprint density at radius 2 is 2.17 bits per heavy atom. The lowest BCUT2D eigenvalue weighted by Crippen LogP contribution is -2.00. The van der Waals surface area contributed by atoms with Crippen molar-refractivity contribution in [3.8, 4) is 6.07 Å². The number of nitrogens with one attached hydrogen (secondary N) is 1. The van der Waals surface area contributed by atoms with Gasteiger partial charge in [-0.2, -0.15) is 5.26 Å². The Morgan fingerprint density at radius 3 is 2.83 bits per heavy atom. The lowest BCUT2D eigenvalue weighted by molar-refractivity contribution is 0.902. The zero-order valence-corrected chi connectivity index (χ0v) is 11.1. The van der Waals surface area contributed by atoms with Crippen molar-refractivity contribution in [3.63, 3.8) is 0 Å². The number of anilines is 1. The van der Waals surface area contributed by atoms with Crippen molar-refractivity contribution in [2.24, 2.45) is 7.05 Å². The highest BCUT2D eigenvalue weighted by molar-refractivity contribution is 6.30. The molecule has 92 valence electrons. The largest absolute Gasteiger partial charge is 0.381 e. The highest BCUT2D eigenvalue weighted by Crippen LogP contribution is 2.21. The van der Waals surface area contributed by atoms with E-state index in [0.29, 0.717) is 17.3 Å². The van der Waals surface area contributed by atoms with Crippen LogP contribution in [0.5, 0.6) is 0 Å². The van der Waals surface area contributed by atoms with Gasteiger partial charge in [0.25, 0.3) is 0 Å². The maximum absolute atomic E-state index is 8.89. The van der Waals surface area contributed by atoms with Gasteiger partial charge in [0.15, 0.2) is 0 Å². The molecule has 2 aromatic rings. The quantitative estimate of drug-likeness (QED) is 0.917. The Bertz CT molecular complexity index is 608. The van der Waals surface area contributed by atoms with Crippen LogP contribution >= 0.6 is 11.6 Å². The SMILES string of the molecule is Cc1ccc(Cl)cc1NCc1cc(C#N)n(C)c1. The van der Waals surface area contributed by atoms with Crippen LogP contribution in [0.2, 0.25) is 5.02 Å². The molecule has 4 heteroatoms. The number of aromatic nitrogens is 1. The van der Waals surface area contributed by atoms with E-state index in [4.69, 9.17) is 16.9 Å². The van der Waals surface area contributed by atoms with Crippen molar-refractivity contribution >= 4 is 17.3 Å². The molecule has 18 heavy (non-hydrogen) atoms. The van der Waals surface area contributed by atoms with E-state index in [-0.39, 0.29) is 0 Å². The molecule has 0 bridgehead atoms. The maximum atomic E-state index is 8.89. The van der Waals surface area contributed by atoms with Gasteiger partial charge in [0.05, 0.1) is 0 Å². The van der Waals surface area contributed by atoms with Gasteiger partial charge in [0.1, 0.15) is 11.8 Å². The third-order valence-corrected chi connectivity index (χ3v) is 3.09. The molecule has 0 fully saturated rings. The molecular weight excluding hydrogens is 246 g/mol. The number of nitrogens with zero attached hydrogens (tertiary/aromatic N) is 2. The van der Waals surface area contributed by atoms with E-state index < -0.39 is 0 Å². The van der Waals surface area contributed by atoms with Crippen molar-refractivity contribution < 1.29 is 0 Å². The standard InChI is InChI=1S/C14H14ClN3/c1-10-3-4-12(15)6-14(10)17-8-11-5-13(7-16)18(2)9-11/h3-6,9,17H,8H2,1-2H3. The van der Waals surface area contributed by atoms with E-state index in [9.17, 15) is 0 Å². The van der Waals surface area contributed by atoms with Gasteiger partial charge in [0.2, 0.25) is 0 Å². The molecule has 0 aliphatic rings. The summed E-state index contributed by atoms with van der Waals surface area (Å²) in [6.07, 6.45) is 1.95. The van der Waals surface area contributed by atoms with E-state index in [1.165, 1.54) is 0 Å². The summed E-state index contributed by atoms with van der Waals surface area (Å²) in [5.41, 5.74) is 3.91. The van der Waals surface area contributed by atoms with Crippen LogP contribution in [-0.4, -0.2) is 4.57 Å². The Labute approximate surface area is 112 Å². The average molecular weight is 260 g/mol. The number of hydrogen-bond donors (Lipinski definition) is 1. The molecule has 2 rings (SSSR count). The highest BCUT2D eigenvalue weighted by Gasteiger charge is 2.03. The fourth-order valence-electron chi connectivity index (χ4n) is 1.82. The highest BCUT2D eigenvalue weighted by atomic mass is 35.5. The van der Waals surface area contributed by atoms with Crippen LogP contribution in [0.3, 0.4) is 0 Å². The second-order valence-corrected chi connectivity index (χ2v) is 4.71. The van der Waals surface area contributed by atoms with Gasteiger partial charge in [0, 0.05) is 30.5 Å². The first-order valence-corrected chi connectivity index (χ1v) is 6.03. The third-order valence-electron chi connectivity index (χ3n) is 2.86. The molecule has 0 aliphatic heterocycles. The molecule has 1 aromatic carbocycles. The van der Waals surface area contributed by atoms with Crippen molar-refractivity contribution in [3.05, 3.63) is 52.3 Å². The molecule has 0 unspecified atom stereocenters. The summed E-state index contributed by atoms with van der Waals surface area (Å²) in [6, 6.07) is 9.79. The topological polar surface area (TPSA) is 40.8 Å². The fraction of sp³-hybridized carbons (Fsp3) is 0.214. The predicted molar refractivity (Wildman–Crippen MR) is 73.6 cm³/mol. The average Bonchev–Trinajstić information content (AvgIpc) is 2.71. The van der Waals surface area contributed by atoms with Gasteiger partial charge in [-0.1, -0.05) is 17.7 Å². The minimum atomic E-state index is 0.662. The zero-order valence-electron chi connectivity index (χ0n) is 10.4. The number of benzene rings is 1. The molecular formula is C14H14ClN3.